The first kappa shape index (κ1) is 14.2. The molecule has 0 amide bonds. The minimum absolute atomic E-state index is 0.0253. The quantitative estimate of drug-likeness (QED) is 0.474. The van der Waals surface area contributed by atoms with E-state index in [-0.39, 0.29) is 23.5 Å². The molecule has 1 aromatic rings. The molecule has 0 radical (unpaired) electrons. The third kappa shape index (κ3) is 2.56. The van der Waals surface area contributed by atoms with Gasteiger partial charge in [-0.05, 0) is 18.4 Å². The van der Waals surface area contributed by atoms with E-state index in [9.17, 15) is 14.9 Å². The lowest BCUT2D eigenvalue weighted by Gasteiger charge is -2.17. The summed E-state index contributed by atoms with van der Waals surface area (Å²) in [6.45, 7) is 4.64. The summed E-state index contributed by atoms with van der Waals surface area (Å²) in [6.07, 6.45) is 1.60. The first-order chi connectivity index (χ1) is 9.43. The average Bonchev–Trinajstić information content (AvgIpc) is 2.79. The molecule has 7 nitrogen and oxygen atoms in total. The molecule has 1 aliphatic rings. The van der Waals surface area contributed by atoms with Gasteiger partial charge < -0.3 is 9.64 Å². The number of nitrogens with zero attached hydrogens (tertiary/aromatic N) is 3. The van der Waals surface area contributed by atoms with Crippen molar-refractivity contribution < 1.29 is 14.5 Å². The van der Waals surface area contributed by atoms with Crippen LogP contribution in [0.4, 0.5) is 11.5 Å². The van der Waals surface area contributed by atoms with Gasteiger partial charge in [0.2, 0.25) is 5.82 Å². The number of carbonyl (C=O) groups is 1. The molecule has 0 saturated carbocycles. The van der Waals surface area contributed by atoms with Gasteiger partial charge in [-0.2, -0.15) is 0 Å². The third-order valence-corrected chi connectivity index (χ3v) is 3.60. The Balaban J connectivity index is 2.30. The van der Waals surface area contributed by atoms with Crippen molar-refractivity contribution in [3.63, 3.8) is 0 Å². The number of aromatic nitrogens is 1. The molecule has 2 unspecified atom stereocenters. The lowest BCUT2D eigenvalue weighted by molar-refractivity contribution is -0.384. The molecule has 7 heteroatoms. The van der Waals surface area contributed by atoms with Gasteiger partial charge in [0.25, 0.3) is 0 Å². The number of rotatable bonds is 3. The lowest BCUT2D eigenvalue weighted by Crippen LogP contribution is -2.25. The van der Waals surface area contributed by atoms with Crippen LogP contribution < -0.4 is 4.90 Å². The zero-order chi connectivity index (χ0) is 14.9. The predicted octanol–water partition coefficient (Wildman–Crippen LogP) is 1.54. The lowest BCUT2D eigenvalue weighted by atomic mass is 9.99. The Labute approximate surface area is 116 Å². The zero-order valence-electron chi connectivity index (χ0n) is 11.7. The molecule has 0 spiro atoms. The fraction of sp³-hybridized carbons (Fsp3) is 0.538. The van der Waals surface area contributed by atoms with Gasteiger partial charge in [0.05, 0.1) is 18.0 Å². The Kier molecular flexibility index (Phi) is 3.87. The Morgan fingerprint density at radius 3 is 2.85 bits per heavy atom. The number of ether oxygens (including phenoxy) is 1. The highest BCUT2D eigenvalue weighted by molar-refractivity contribution is 5.75. The van der Waals surface area contributed by atoms with Crippen molar-refractivity contribution in [2.45, 2.75) is 13.8 Å². The molecule has 20 heavy (non-hydrogen) atoms. The largest absolute Gasteiger partial charge is 0.469 e. The number of anilines is 1. The van der Waals surface area contributed by atoms with Crippen molar-refractivity contribution in [1.82, 2.24) is 4.98 Å². The zero-order valence-corrected chi connectivity index (χ0v) is 11.7. The monoisotopic (exact) mass is 279 g/mol. The van der Waals surface area contributed by atoms with Crippen LogP contribution in [0.1, 0.15) is 12.5 Å². The highest BCUT2D eigenvalue weighted by Crippen LogP contribution is 2.33. The molecule has 1 aliphatic heterocycles. The molecule has 0 bridgehead atoms. The Bertz CT molecular complexity index is 546. The number of hydrogen-bond donors (Lipinski definition) is 0. The molecular formula is C13H17N3O4. The first-order valence-corrected chi connectivity index (χ1v) is 6.38. The van der Waals surface area contributed by atoms with Crippen LogP contribution in [0.2, 0.25) is 0 Å². The fourth-order valence-electron chi connectivity index (χ4n) is 2.52. The molecule has 0 aliphatic carbocycles. The van der Waals surface area contributed by atoms with Gasteiger partial charge in [0, 0.05) is 25.4 Å². The molecule has 0 aromatic carbocycles. The van der Waals surface area contributed by atoms with E-state index in [1.54, 1.807) is 18.0 Å². The number of esters is 1. The smallest absolute Gasteiger partial charge is 0.311 e. The Hall–Kier alpha value is -2.18. The normalized spacial score (nSPS) is 21.9. The number of nitro groups is 1. The average molecular weight is 279 g/mol. The maximum absolute atomic E-state index is 11.7. The summed E-state index contributed by atoms with van der Waals surface area (Å²) in [5.41, 5.74) is 0.708. The van der Waals surface area contributed by atoms with Gasteiger partial charge in [-0.25, -0.2) is 4.98 Å². The van der Waals surface area contributed by atoms with Crippen molar-refractivity contribution >= 4 is 17.5 Å². The van der Waals surface area contributed by atoms with Crippen molar-refractivity contribution in [3.05, 3.63) is 27.9 Å². The second-order valence-electron chi connectivity index (χ2n) is 5.12. The van der Waals surface area contributed by atoms with E-state index in [0.29, 0.717) is 18.9 Å². The van der Waals surface area contributed by atoms with E-state index in [2.05, 4.69) is 4.98 Å². The minimum atomic E-state index is -0.439. The number of aryl methyl sites for hydroxylation is 1. The van der Waals surface area contributed by atoms with Gasteiger partial charge >= 0.3 is 11.7 Å². The van der Waals surface area contributed by atoms with Crippen molar-refractivity contribution in [2.75, 3.05) is 25.1 Å². The summed E-state index contributed by atoms with van der Waals surface area (Å²) in [5.74, 6) is -0.165. The number of hydrogen-bond acceptors (Lipinski definition) is 6. The molecule has 1 fully saturated rings. The third-order valence-electron chi connectivity index (χ3n) is 3.60. The molecule has 2 atom stereocenters. The van der Waals surface area contributed by atoms with E-state index in [1.165, 1.54) is 13.2 Å². The summed E-state index contributed by atoms with van der Waals surface area (Å²) >= 11 is 0. The van der Waals surface area contributed by atoms with Crippen molar-refractivity contribution in [1.29, 1.82) is 0 Å². The van der Waals surface area contributed by atoms with Gasteiger partial charge in [-0.3, -0.25) is 14.9 Å². The van der Waals surface area contributed by atoms with Crippen LogP contribution in [0.5, 0.6) is 0 Å². The van der Waals surface area contributed by atoms with Crippen LogP contribution in [-0.2, 0) is 9.53 Å². The number of methoxy groups -OCH3 is 1. The van der Waals surface area contributed by atoms with E-state index < -0.39 is 4.92 Å². The summed E-state index contributed by atoms with van der Waals surface area (Å²) < 4.78 is 4.77. The summed E-state index contributed by atoms with van der Waals surface area (Å²) in [5, 5.41) is 11.1. The van der Waals surface area contributed by atoms with E-state index >= 15 is 0 Å². The van der Waals surface area contributed by atoms with Gasteiger partial charge in [-0.1, -0.05) is 6.92 Å². The number of carbonyl (C=O) groups excluding carboxylic acids is 1. The van der Waals surface area contributed by atoms with Crippen LogP contribution in [0, 0.1) is 28.9 Å². The second kappa shape index (κ2) is 5.44. The highest BCUT2D eigenvalue weighted by atomic mass is 16.6. The van der Waals surface area contributed by atoms with Crippen LogP contribution in [-0.4, -0.2) is 36.1 Å². The molecule has 108 valence electrons. The SMILES string of the molecule is COC(=O)C1CN(c2ncc(C)cc2[N+](=O)[O-])CC1C. The topological polar surface area (TPSA) is 85.6 Å². The first-order valence-electron chi connectivity index (χ1n) is 6.38. The number of pyridine rings is 1. The molecule has 2 rings (SSSR count). The van der Waals surface area contributed by atoms with Crippen LogP contribution >= 0.6 is 0 Å². The Morgan fingerprint density at radius 1 is 1.55 bits per heavy atom. The van der Waals surface area contributed by atoms with Crippen LogP contribution in [0.25, 0.3) is 0 Å². The molecule has 0 N–H and O–H groups in total. The minimum Gasteiger partial charge on any atom is -0.469 e. The maximum atomic E-state index is 11.7. The second-order valence-corrected chi connectivity index (χ2v) is 5.12. The highest BCUT2D eigenvalue weighted by Gasteiger charge is 2.38. The van der Waals surface area contributed by atoms with Crippen LogP contribution in [0.15, 0.2) is 12.3 Å². The van der Waals surface area contributed by atoms with Crippen molar-refractivity contribution in [3.8, 4) is 0 Å². The van der Waals surface area contributed by atoms with E-state index in [1.807, 2.05) is 6.92 Å². The standard InChI is InChI=1S/C13H17N3O4/c1-8-4-11(16(18)19)12(14-5-8)15-6-9(2)10(7-15)13(17)20-3/h4-5,9-10H,6-7H2,1-3H3. The van der Waals surface area contributed by atoms with E-state index in [0.717, 1.165) is 5.56 Å². The van der Waals surface area contributed by atoms with Crippen LogP contribution in [0.3, 0.4) is 0 Å². The van der Waals surface area contributed by atoms with Gasteiger partial charge in [0.15, 0.2) is 0 Å². The van der Waals surface area contributed by atoms with E-state index in [4.69, 9.17) is 4.74 Å². The molecular weight excluding hydrogens is 262 g/mol. The van der Waals surface area contributed by atoms with Gasteiger partial charge in [-0.15, -0.1) is 0 Å². The summed E-state index contributed by atoms with van der Waals surface area (Å²) in [4.78, 5) is 28.3. The molecule has 1 aromatic heterocycles. The Morgan fingerprint density at radius 2 is 2.25 bits per heavy atom. The summed E-state index contributed by atoms with van der Waals surface area (Å²) in [7, 11) is 1.35. The van der Waals surface area contributed by atoms with Gasteiger partial charge in [0.1, 0.15) is 0 Å². The fourth-order valence-corrected chi connectivity index (χ4v) is 2.52. The van der Waals surface area contributed by atoms with Crippen molar-refractivity contribution in [2.24, 2.45) is 11.8 Å². The predicted molar refractivity (Wildman–Crippen MR) is 72.5 cm³/mol. The maximum Gasteiger partial charge on any atom is 0.311 e. The summed E-state index contributed by atoms with van der Waals surface area (Å²) in [6, 6.07) is 1.50. The molecule has 2 heterocycles. The molecule has 1 saturated heterocycles.